The van der Waals surface area contributed by atoms with Crippen molar-refractivity contribution in [2.45, 2.75) is 83.7 Å². The van der Waals surface area contributed by atoms with Crippen molar-refractivity contribution in [2.75, 3.05) is 0 Å². The molecule has 5 heteroatoms. The number of rotatable bonds is 8. The summed E-state index contributed by atoms with van der Waals surface area (Å²) in [5.74, 6) is 0.612. The van der Waals surface area contributed by atoms with E-state index in [-0.39, 0.29) is 0 Å². The van der Waals surface area contributed by atoms with Gasteiger partial charge >= 0.3 is 0 Å². The molecule has 0 unspecified atom stereocenters. The van der Waals surface area contributed by atoms with E-state index in [2.05, 4.69) is 102 Å². The number of allylic oxidation sites excluding steroid dienone is 1. The van der Waals surface area contributed by atoms with Crippen LogP contribution in [0.25, 0.3) is 0 Å². The van der Waals surface area contributed by atoms with Crippen LogP contribution in [0.4, 0.5) is 0 Å². The van der Waals surface area contributed by atoms with Gasteiger partial charge in [-0.25, -0.2) is 0 Å². The quantitative estimate of drug-likeness (QED) is 0.359. The van der Waals surface area contributed by atoms with Crippen molar-refractivity contribution in [2.24, 2.45) is 0 Å². The molecule has 0 heterocycles. The lowest BCUT2D eigenvalue weighted by molar-refractivity contribution is 0.678. The standard InChI is InChI=1S/C21H41ClSi4/c1-19(20-15-12-11-13-16-20)21(17-14-18-22)26(23(2,3)4,24(5,6)7)25(8,9)10/h11-16,18-19,21H,17H2,1-10H3/b18-14-/t19-,21-/m1/s1. The van der Waals surface area contributed by atoms with Gasteiger partial charge in [0.1, 0.15) is 0 Å². The van der Waals surface area contributed by atoms with E-state index in [9.17, 15) is 0 Å². The fourth-order valence-corrected chi connectivity index (χ4v) is 113. The monoisotopic (exact) mass is 440 g/mol. The van der Waals surface area contributed by atoms with E-state index in [1.165, 1.54) is 5.56 Å². The zero-order chi connectivity index (χ0) is 20.4. The molecule has 2 atom stereocenters. The predicted molar refractivity (Wildman–Crippen MR) is 134 cm³/mol. The molecule has 0 radical (unpaired) electrons. The lowest BCUT2D eigenvalue weighted by Gasteiger charge is -2.62. The minimum Gasteiger partial charge on any atom is -0.0933 e. The second-order valence-electron chi connectivity index (χ2n) is 11.0. The second-order valence-corrected chi connectivity index (χ2v) is 52.2. The molecule has 148 valence electrons. The number of hydrogen-bond donors (Lipinski definition) is 0. The summed E-state index contributed by atoms with van der Waals surface area (Å²) in [7, 11) is -3.99. The molecular formula is C21H41ClSi4. The first-order valence-corrected chi connectivity index (χ1v) is 26.0. The van der Waals surface area contributed by atoms with Crippen molar-refractivity contribution < 1.29 is 0 Å². The normalized spacial score (nSPS) is 16.7. The largest absolute Gasteiger partial charge is 0.0933 e. The van der Waals surface area contributed by atoms with E-state index in [1.807, 2.05) is 0 Å². The van der Waals surface area contributed by atoms with Crippen molar-refractivity contribution in [3.05, 3.63) is 47.5 Å². The first kappa shape index (κ1) is 24.2. The Morgan fingerprint density at radius 2 is 1.23 bits per heavy atom. The highest BCUT2D eigenvalue weighted by Gasteiger charge is 2.65. The SMILES string of the molecule is C[C@H](c1ccccc1)[C@@H](C/C=C\Cl)[Si]([Si](C)(C)C)([Si](C)(C)C)[Si](C)(C)C. The van der Waals surface area contributed by atoms with Gasteiger partial charge in [-0.2, -0.15) is 0 Å². The van der Waals surface area contributed by atoms with E-state index in [0.717, 1.165) is 12.0 Å². The van der Waals surface area contributed by atoms with E-state index in [0.29, 0.717) is 5.92 Å². The Hall–Kier alpha value is 0.118. The van der Waals surface area contributed by atoms with Gasteiger partial charge in [0.2, 0.25) is 0 Å². The van der Waals surface area contributed by atoms with Gasteiger partial charge in [-0.05, 0) is 23.4 Å². The maximum atomic E-state index is 6.06. The van der Waals surface area contributed by atoms with Gasteiger partial charge in [-0.3, -0.25) is 0 Å². The van der Waals surface area contributed by atoms with Crippen LogP contribution in [0.1, 0.15) is 24.8 Å². The van der Waals surface area contributed by atoms with E-state index >= 15 is 0 Å². The fourth-order valence-electron chi connectivity index (χ4n) is 6.99. The van der Waals surface area contributed by atoms with Gasteiger partial charge in [0.15, 0.2) is 0 Å². The lowest BCUT2D eigenvalue weighted by atomic mass is 9.96. The summed E-state index contributed by atoms with van der Waals surface area (Å²) in [5.41, 5.74) is 4.08. The van der Waals surface area contributed by atoms with Crippen LogP contribution in [0.3, 0.4) is 0 Å². The minimum absolute atomic E-state index is 0.612. The van der Waals surface area contributed by atoms with Gasteiger partial charge in [0.25, 0.3) is 0 Å². The molecule has 0 aliphatic rings. The summed E-state index contributed by atoms with van der Waals surface area (Å²) in [6.45, 7) is 25.3. The molecule has 0 amide bonds. The summed E-state index contributed by atoms with van der Waals surface area (Å²) in [6, 6.07) is 11.3. The first-order chi connectivity index (χ1) is 11.7. The third-order valence-corrected chi connectivity index (χ3v) is 80.8. The van der Waals surface area contributed by atoms with Crippen molar-refractivity contribution in [3.63, 3.8) is 0 Å². The van der Waals surface area contributed by atoms with Crippen LogP contribution in [0.15, 0.2) is 41.9 Å². The third kappa shape index (κ3) is 4.57. The minimum atomic E-state index is -1.51. The predicted octanol–water partition coefficient (Wildman–Crippen LogP) is 8.00. The molecule has 0 N–H and O–H groups in total. The Bertz CT molecular complexity index is 555. The van der Waals surface area contributed by atoms with E-state index < -0.39 is 29.4 Å². The topological polar surface area (TPSA) is 0 Å². The van der Waals surface area contributed by atoms with Gasteiger partial charge in [0.05, 0.1) is 0 Å². The molecule has 0 aliphatic heterocycles. The zero-order valence-electron chi connectivity index (χ0n) is 18.8. The molecule has 0 fully saturated rings. The summed E-state index contributed by atoms with van der Waals surface area (Å²) >= 11 is 6.06. The highest BCUT2D eigenvalue weighted by atomic mass is 35.5. The third-order valence-electron chi connectivity index (χ3n) is 6.51. The Balaban J connectivity index is 3.78. The van der Waals surface area contributed by atoms with Crippen molar-refractivity contribution in [1.29, 1.82) is 0 Å². The lowest BCUT2D eigenvalue weighted by Crippen LogP contribution is -2.85. The molecule has 0 bridgehead atoms. The average Bonchev–Trinajstić information content (AvgIpc) is 2.47. The summed E-state index contributed by atoms with van der Waals surface area (Å²) in [4.78, 5) is 0. The van der Waals surface area contributed by atoms with Gasteiger partial charge in [0, 0.05) is 34.9 Å². The van der Waals surface area contributed by atoms with E-state index in [1.54, 1.807) is 5.54 Å². The summed E-state index contributed by atoms with van der Waals surface area (Å²) < 4.78 is 0. The van der Waals surface area contributed by atoms with Crippen LogP contribution in [0.5, 0.6) is 0 Å². The van der Waals surface area contributed by atoms with Crippen molar-refractivity contribution in [3.8, 4) is 0 Å². The Morgan fingerprint density at radius 3 is 1.58 bits per heavy atom. The van der Waals surface area contributed by atoms with Crippen LogP contribution >= 0.6 is 11.6 Å². The van der Waals surface area contributed by atoms with Crippen molar-refractivity contribution in [1.82, 2.24) is 0 Å². The Morgan fingerprint density at radius 1 is 0.808 bits per heavy atom. The van der Waals surface area contributed by atoms with Gasteiger partial charge in [-0.15, -0.1) is 0 Å². The first-order valence-electron chi connectivity index (χ1n) is 10.0. The number of benzene rings is 1. The van der Waals surface area contributed by atoms with Crippen LogP contribution in [-0.2, 0) is 0 Å². The Labute approximate surface area is 171 Å². The molecule has 1 aromatic carbocycles. The van der Waals surface area contributed by atoms with Crippen LogP contribution < -0.4 is 0 Å². The highest BCUT2D eigenvalue weighted by Crippen LogP contribution is 2.52. The molecule has 1 rings (SSSR count). The van der Waals surface area contributed by atoms with Crippen LogP contribution in [-0.4, -0.2) is 29.4 Å². The van der Waals surface area contributed by atoms with E-state index in [4.69, 9.17) is 11.6 Å². The summed E-state index contributed by atoms with van der Waals surface area (Å²) in [6.07, 6.45) is 3.42. The maximum absolute atomic E-state index is 6.06. The fraction of sp³-hybridized carbons (Fsp3) is 0.619. The average molecular weight is 441 g/mol. The molecule has 0 aliphatic carbocycles. The second kappa shape index (κ2) is 8.64. The van der Waals surface area contributed by atoms with Crippen LogP contribution in [0, 0.1) is 0 Å². The highest BCUT2D eigenvalue weighted by molar-refractivity contribution is 7.89. The maximum Gasteiger partial charge on any atom is 0.0416 e. The molecule has 0 aromatic heterocycles. The molecule has 1 aromatic rings. The van der Waals surface area contributed by atoms with Crippen molar-refractivity contribution >= 4 is 41.0 Å². The smallest absolute Gasteiger partial charge is 0.0416 e. The van der Waals surface area contributed by atoms with Crippen LogP contribution in [0.2, 0.25) is 64.5 Å². The molecule has 0 nitrogen and oxygen atoms in total. The van der Waals surface area contributed by atoms with Gasteiger partial charge in [-0.1, -0.05) is 114 Å². The molecule has 0 saturated carbocycles. The number of halogens is 1. The molecule has 0 saturated heterocycles. The van der Waals surface area contributed by atoms with Gasteiger partial charge < -0.3 is 0 Å². The number of hydrogen-bond acceptors (Lipinski definition) is 0. The molecule has 26 heavy (non-hydrogen) atoms. The summed E-state index contributed by atoms with van der Waals surface area (Å²) in [5, 5.41) is 0. The molecule has 0 spiro atoms. The zero-order valence-corrected chi connectivity index (χ0v) is 23.5. The molecular weight excluding hydrogens is 400 g/mol. The Kier molecular flexibility index (Phi) is 8.03.